The number of aryl methyl sites for hydroxylation is 1. The van der Waals surface area contributed by atoms with Crippen molar-refractivity contribution in [1.29, 1.82) is 0 Å². The molecule has 4 rings (SSSR count). The highest BCUT2D eigenvalue weighted by molar-refractivity contribution is 7.21. The SMILES string of the molecule is O=C(OCCCc1ccccc1)c1sc2ccccc2c1OC1CCNCC1. The molecular weight excluding hydrogens is 370 g/mol. The second-order valence-electron chi connectivity index (χ2n) is 7.05. The molecule has 1 aromatic heterocycles. The summed E-state index contributed by atoms with van der Waals surface area (Å²) in [6.45, 7) is 2.31. The molecule has 1 saturated heterocycles. The van der Waals surface area contributed by atoms with Crippen molar-refractivity contribution in [2.24, 2.45) is 0 Å². The van der Waals surface area contributed by atoms with Gasteiger partial charge in [0, 0.05) is 10.1 Å². The third-order valence-electron chi connectivity index (χ3n) is 4.99. The fourth-order valence-electron chi connectivity index (χ4n) is 3.50. The normalized spacial score (nSPS) is 14.9. The first-order valence-corrected chi connectivity index (χ1v) is 10.7. The van der Waals surface area contributed by atoms with Gasteiger partial charge in [0.05, 0.1) is 6.61 Å². The molecule has 1 fully saturated rings. The standard InChI is InChI=1S/C23H25NO3S/c25-23(26-16-6-9-17-7-2-1-3-8-17)22-21(27-18-12-14-24-15-13-18)19-10-4-5-11-20(19)28-22/h1-5,7-8,10-11,18,24H,6,9,12-16H2. The van der Waals surface area contributed by atoms with Gasteiger partial charge in [-0.2, -0.15) is 0 Å². The Balaban J connectivity index is 1.44. The fourth-order valence-corrected chi connectivity index (χ4v) is 4.53. The predicted molar refractivity (Wildman–Crippen MR) is 113 cm³/mol. The van der Waals surface area contributed by atoms with Crippen LogP contribution in [0.5, 0.6) is 5.75 Å². The Kier molecular flexibility index (Phi) is 6.24. The lowest BCUT2D eigenvalue weighted by Gasteiger charge is -2.24. The Labute approximate surface area is 169 Å². The molecule has 0 bridgehead atoms. The molecule has 0 unspecified atom stereocenters. The van der Waals surface area contributed by atoms with Gasteiger partial charge in [-0.05, 0) is 56.5 Å². The number of thiophene rings is 1. The zero-order chi connectivity index (χ0) is 19.2. The summed E-state index contributed by atoms with van der Waals surface area (Å²) in [5, 5.41) is 4.35. The van der Waals surface area contributed by atoms with Gasteiger partial charge in [-0.25, -0.2) is 4.79 Å². The third-order valence-corrected chi connectivity index (χ3v) is 6.12. The van der Waals surface area contributed by atoms with Crippen molar-refractivity contribution in [3.8, 4) is 5.75 Å². The summed E-state index contributed by atoms with van der Waals surface area (Å²) in [5.74, 6) is 0.416. The van der Waals surface area contributed by atoms with Crippen molar-refractivity contribution >= 4 is 27.4 Å². The van der Waals surface area contributed by atoms with Gasteiger partial charge >= 0.3 is 5.97 Å². The first-order valence-electron chi connectivity index (χ1n) is 9.91. The molecule has 0 spiro atoms. The minimum Gasteiger partial charge on any atom is -0.488 e. The van der Waals surface area contributed by atoms with E-state index >= 15 is 0 Å². The van der Waals surface area contributed by atoms with Gasteiger partial charge in [0.1, 0.15) is 6.10 Å². The van der Waals surface area contributed by atoms with Gasteiger partial charge in [0.25, 0.3) is 0 Å². The van der Waals surface area contributed by atoms with Crippen LogP contribution in [0, 0.1) is 0 Å². The average Bonchev–Trinajstić information content (AvgIpc) is 3.11. The van der Waals surface area contributed by atoms with E-state index in [2.05, 4.69) is 17.4 Å². The number of ether oxygens (including phenoxy) is 2. The summed E-state index contributed by atoms with van der Waals surface area (Å²) in [6, 6.07) is 18.3. The third kappa shape index (κ3) is 4.54. The Morgan fingerprint density at radius 1 is 1.04 bits per heavy atom. The second-order valence-corrected chi connectivity index (χ2v) is 8.10. The minimum atomic E-state index is -0.279. The molecule has 146 valence electrons. The highest BCUT2D eigenvalue weighted by atomic mass is 32.1. The molecule has 0 aliphatic carbocycles. The number of nitrogens with one attached hydrogen (secondary N) is 1. The van der Waals surface area contributed by atoms with Crippen molar-refractivity contribution in [3.63, 3.8) is 0 Å². The molecular formula is C23H25NO3S. The fraction of sp³-hybridized carbons (Fsp3) is 0.348. The Bertz CT molecular complexity index is 916. The van der Waals surface area contributed by atoms with Crippen LogP contribution in [0.15, 0.2) is 54.6 Å². The highest BCUT2D eigenvalue weighted by Crippen LogP contribution is 2.39. The van der Waals surface area contributed by atoms with Crippen LogP contribution in [-0.2, 0) is 11.2 Å². The first-order chi connectivity index (χ1) is 13.8. The van der Waals surface area contributed by atoms with Crippen molar-refractivity contribution in [2.45, 2.75) is 31.8 Å². The van der Waals surface area contributed by atoms with Crippen molar-refractivity contribution in [1.82, 2.24) is 5.32 Å². The van der Waals surface area contributed by atoms with Crippen molar-refractivity contribution < 1.29 is 14.3 Å². The topological polar surface area (TPSA) is 47.6 Å². The van der Waals surface area contributed by atoms with E-state index in [0.717, 1.165) is 48.9 Å². The lowest BCUT2D eigenvalue weighted by atomic mass is 10.1. The van der Waals surface area contributed by atoms with Crippen LogP contribution in [0.25, 0.3) is 10.1 Å². The number of hydrogen-bond donors (Lipinski definition) is 1. The predicted octanol–water partition coefficient (Wildman–Crippen LogP) is 4.82. The highest BCUT2D eigenvalue weighted by Gasteiger charge is 2.24. The van der Waals surface area contributed by atoms with Gasteiger partial charge < -0.3 is 14.8 Å². The Hall–Kier alpha value is -2.37. The second kappa shape index (κ2) is 9.22. The number of esters is 1. The summed E-state index contributed by atoms with van der Waals surface area (Å²) < 4.78 is 13.0. The molecule has 3 aromatic rings. The smallest absolute Gasteiger partial charge is 0.352 e. The first kappa shape index (κ1) is 19.0. The minimum absolute atomic E-state index is 0.142. The summed E-state index contributed by atoms with van der Waals surface area (Å²) in [5.41, 5.74) is 1.26. The zero-order valence-electron chi connectivity index (χ0n) is 15.9. The van der Waals surface area contributed by atoms with Crippen LogP contribution in [0.4, 0.5) is 0 Å². The largest absolute Gasteiger partial charge is 0.488 e. The molecule has 0 amide bonds. The molecule has 5 heteroatoms. The van der Waals surface area contributed by atoms with E-state index < -0.39 is 0 Å². The van der Waals surface area contributed by atoms with Gasteiger partial charge in [-0.15, -0.1) is 11.3 Å². The van der Waals surface area contributed by atoms with E-state index in [0.29, 0.717) is 17.2 Å². The zero-order valence-corrected chi connectivity index (χ0v) is 16.7. The van der Waals surface area contributed by atoms with Crippen LogP contribution < -0.4 is 10.1 Å². The summed E-state index contributed by atoms with van der Waals surface area (Å²) in [4.78, 5) is 13.4. The van der Waals surface area contributed by atoms with Gasteiger partial charge in [0.2, 0.25) is 0 Å². The van der Waals surface area contributed by atoms with Crippen molar-refractivity contribution in [3.05, 3.63) is 65.0 Å². The van der Waals surface area contributed by atoms with E-state index in [4.69, 9.17) is 9.47 Å². The maximum atomic E-state index is 12.8. The number of carbonyl (C=O) groups excluding carboxylic acids is 1. The van der Waals surface area contributed by atoms with Crippen LogP contribution in [0.1, 0.15) is 34.5 Å². The lowest BCUT2D eigenvalue weighted by molar-refractivity contribution is 0.0498. The molecule has 1 aliphatic rings. The maximum Gasteiger partial charge on any atom is 0.352 e. The van der Waals surface area contributed by atoms with Crippen LogP contribution >= 0.6 is 11.3 Å². The van der Waals surface area contributed by atoms with E-state index in [1.807, 2.05) is 42.5 Å². The maximum absolute atomic E-state index is 12.8. The summed E-state index contributed by atoms with van der Waals surface area (Å²) in [6.07, 6.45) is 3.76. The Morgan fingerprint density at radius 3 is 2.61 bits per heavy atom. The van der Waals surface area contributed by atoms with Crippen LogP contribution in [-0.4, -0.2) is 31.8 Å². The monoisotopic (exact) mass is 395 g/mol. The molecule has 1 aliphatic heterocycles. The van der Waals surface area contributed by atoms with Crippen molar-refractivity contribution in [2.75, 3.05) is 19.7 Å². The molecule has 28 heavy (non-hydrogen) atoms. The van der Waals surface area contributed by atoms with Crippen LogP contribution in [0.2, 0.25) is 0 Å². The summed E-state index contributed by atoms with van der Waals surface area (Å²) in [7, 11) is 0. The van der Waals surface area contributed by atoms with Gasteiger partial charge in [-0.3, -0.25) is 0 Å². The number of carbonyl (C=O) groups is 1. The molecule has 2 heterocycles. The number of rotatable bonds is 7. The quantitative estimate of drug-likeness (QED) is 0.460. The van der Waals surface area contributed by atoms with E-state index in [1.165, 1.54) is 16.9 Å². The Morgan fingerprint density at radius 2 is 1.79 bits per heavy atom. The molecule has 4 nitrogen and oxygen atoms in total. The number of piperidine rings is 1. The molecule has 2 aromatic carbocycles. The van der Waals surface area contributed by atoms with E-state index in [-0.39, 0.29) is 12.1 Å². The van der Waals surface area contributed by atoms with E-state index in [9.17, 15) is 4.79 Å². The van der Waals surface area contributed by atoms with Gasteiger partial charge in [0.15, 0.2) is 10.6 Å². The lowest BCUT2D eigenvalue weighted by Crippen LogP contribution is -2.34. The number of fused-ring (bicyclic) bond motifs is 1. The van der Waals surface area contributed by atoms with Gasteiger partial charge in [-0.1, -0.05) is 42.5 Å². The molecule has 0 atom stereocenters. The van der Waals surface area contributed by atoms with Crippen LogP contribution in [0.3, 0.4) is 0 Å². The molecule has 0 saturated carbocycles. The average molecular weight is 396 g/mol. The number of hydrogen-bond acceptors (Lipinski definition) is 5. The number of benzene rings is 2. The molecule has 0 radical (unpaired) electrons. The summed E-state index contributed by atoms with van der Waals surface area (Å²) >= 11 is 1.46. The van der Waals surface area contributed by atoms with E-state index in [1.54, 1.807) is 0 Å². The molecule has 1 N–H and O–H groups in total.